The minimum atomic E-state index is -0.920. The largest absolute Gasteiger partial charge is 0.444 e. The Labute approximate surface area is 157 Å². The number of nitrogens with one attached hydrogen (secondary N) is 1. The third-order valence-corrected chi connectivity index (χ3v) is 3.71. The number of esters is 1. The summed E-state index contributed by atoms with van der Waals surface area (Å²) >= 11 is 0. The van der Waals surface area contributed by atoms with Crippen LogP contribution in [0, 0.1) is 6.92 Å². The van der Waals surface area contributed by atoms with E-state index in [9.17, 15) is 14.4 Å². The summed E-state index contributed by atoms with van der Waals surface area (Å²) in [4.78, 5) is 36.0. The Morgan fingerprint density at radius 3 is 2.48 bits per heavy atom. The van der Waals surface area contributed by atoms with Gasteiger partial charge in [-0.25, -0.2) is 14.4 Å². The molecule has 7 nitrogen and oxygen atoms in total. The van der Waals surface area contributed by atoms with Crippen molar-refractivity contribution >= 4 is 23.0 Å². The molecule has 0 aliphatic rings. The summed E-state index contributed by atoms with van der Waals surface area (Å²) in [5, 5.41) is 3.02. The molecule has 0 aliphatic heterocycles. The number of rotatable bonds is 4. The number of aryl methyl sites for hydroxylation is 2. The number of hydrogen-bond acceptors (Lipinski definition) is 6. The smallest absolute Gasteiger partial charge is 0.408 e. The van der Waals surface area contributed by atoms with E-state index >= 15 is 0 Å². The predicted octanol–water partition coefficient (Wildman–Crippen LogP) is 3.48. The Morgan fingerprint density at radius 2 is 1.89 bits per heavy atom. The third-order valence-electron chi connectivity index (χ3n) is 3.71. The van der Waals surface area contributed by atoms with Gasteiger partial charge in [0.25, 0.3) is 0 Å². The average molecular weight is 375 g/mol. The van der Waals surface area contributed by atoms with Crippen LogP contribution < -0.4 is 15.7 Å². The second-order valence-corrected chi connectivity index (χ2v) is 7.37. The Kier molecular flexibility index (Phi) is 5.93. The Morgan fingerprint density at radius 1 is 1.22 bits per heavy atom. The summed E-state index contributed by atoms with van der Waals surface area (Å²) in [6, 6.07) is 3.88. The summed E-state index contributed by atoms with van der Waals surface area (Å²) in [6.07, 6.45) is -0.136. The first-order chi connectivity index (χ1) is 12.5. The van der Waals surface area contributed by atoms with Gasteiger partial charge in [0.05, 0.1) is 5.39 Å². The lowest BCUT2D eigenvalue weighted by atomic mass is 10.0. The number of benzene rings is 1. The highest BCUT2D eigenvalue weighted by atomic mass is 16.6. The van der Waals surface area contributed by atoms with Crippen molar-refractivity contribution in [1.29, 1.82) is 0 Å². The topological polar surface area (TPSA) is 94.8 Å². The molecule has 2 rings (SSSR count). The highest BCUT2D eigenvalue weighted by Gasteiger charge is 2.23. The molecule has 7 heteroatoms. The first-order valence-electron chi connectivity index (χ1n) is 8.78. The van der Waals surface area contributed by atoms with Crippen LogP contribution in [0.5, 0.6) is 5.75 Å². The molecule has 0 aliphatic carbocycles. The van der Waals surface area contributed by atoms with Gasteiger partial charge >= 0.3 is 17.7 Å². The Hall–Kier alpha value is -2.83. The Balaban J connectivity index is 2.28. The number of ether oxygens (including phenoxy) is 2. The molecule has 1 unspecified atom stereocenters. The number of alkyl carbamates (subject to hydrolysis) is 1. The van der Waals surface area contributed by atoms with Gasteiger partial charge in [-0.15, -0.1) is 0 Å². The van der Waals surface area contributed by atoms with Crippen LogP contribution in [0.4, 0.5) is 4.79 Å². The monoisotopic (exact) mass is 375 g/mol. The van der Waals surface area contributed by atoms with E-state index in [-0.39, 0.29) is 5.75 Å². The lowest BCUT2D eigenvalue weighted by Gasteiger charge is -2.21. The number of amides is 1. The maximum atomic E-state index is 12.5. The number of fused-ring (bicyclic) bond motifs is 1. The first-order valence-corrected chi connectivity index (χ1v) is 8.78. The molecular weight excluding hydrogens is 350 g/mol. The number of carbonyl (C=O) groups excluding carboxylic acids is 2. The quantitative estimate of drug-likeness (QED) is 0.499. The van der Waals surface area contributed by atoms with E-state index in [1.165, 1.54) is 13.0 Å². The van der Waals surface area contributed by atoms with Crippen molar-refractivity contribution in [2.75, 3.05) is 0 Å². The molecule has 0 bridgehead atoms. The molecule has 1 heterocycles. The lowest BCUT2D eigenvalue weighted by molar-refractivity contribution is -0.136. The van der Waals surface area contributed by atoms with Gasteiger partial charge < -0.3 is 19.2 Å². The number of carbonyl (C=O) groups is 2. The maximum Gasteiger partial charge on any atom is 0.408 e. The van der Waals surface area contributed by atoms with E-state index in [0.29, 0.717) is 17.4 Å². The third kappa shape index (κ3) is 5.32. The zero-order valence-electron chi connectivity index (χ0n) is 16.5. The fourth-order valence-corrected chi connectivity index (χ4v) is 2.57. The van der Waals surface area contributed by atoms with Crippen molar-refractivity contribution in [3.8, 4) is 5.75 Å². The maximum absolute atomic E-state index is 12.5. The SMILES string of the molecule is CCc1cc(=O)oc2cc(C)cc(OC(=O)C(C)NC(=O)OC(C)(C)C)c12. The van der Waals surface area contributed by atoms with E-state index in [2.05, 4.69) is 5.32 Å². The molecule has 1 amide bonds. The molecule has 0 saturated heterocycles. The lowest BCUT2D eigenvalue weighted by Crippen LogP contribution is -2.43. The molecule has 2 aromatic rings. The zero-order valence-corrected chi connectivity index (χ0v) is 16.5. The van der Waals surface area contributed by atoms with Crippen molar-refractivity contribution in [1.82, 2.24) is 5.32 Å². The molecule has 0 radical (unpaired) electrons. The van der Waals surface area contributed by atoms with Crippen LogP contribution in [0.3, 0.4) is 0 Å². The molecule has 27 heavy (non-hydrogen) atoms. The minimum Gasteiger partial charge on any atom is -0.444 e. The van der Waals surface area contributed by atoms with Gasteiger partial charge in [0, 0.05) is 6.07 Å². The summed E-state index contributed by atoms with van der Waals surface area (Å²) < 4.78 is 15.9. The summed E-state index contributed by atoms with van der Waals surface area (Å²) in [7, 11) is 0. The summed E-state index contributed by atoms with van der Waals surface area (Å²) in [5.41, 5.74) is 0.719. The van der Waals surface area contributed by atoms with Gasteiger partial charge in [0.1, 0.15) is 23.0 Å². The van der Waals surface area contributed by atoms with Gasteiger partial charge in [0.2, 0.25) is 0 Å². The van der Waals surface area contributed by atoms with Crippen LogP contribution in [-0.4, -0.2) is 23.7 Å². The van der Waals surface area contributed by atoms with Crippen molar-refractivity contribution in [2.24, 2.45) is 0 Å². The van der Waals surface area contributed by atoms with E-state index in [0.717, 1.165) is 11.1 Å². The molecular formula is C20H25NO6. The van der Waals surface area contributed by atoms with E-state index in [1.54, 1.807) is 39.8 Å². The summed E-state index contributed by atoms with van der Waals surface area (Å²) in [6.45, 7) is 10.4. The minimum absolute atomic E-state index is 0.286. The highest BCUT2D eigenvalue weighted by molar-refractivity contribution is 5.91. The summed E-state index contributed by atoms with van der Waals surface area (Å²) in [5.74, 6) is -0.366. The fourth-order valence-electron chi connectivity index (χ4n) is 2.57. The average Bonchev–Trinajstić information content (AvgIpc) is 2.51. The van der Waals surface area contributed by atoms with E-state index < -0.39 is 29.3 Å². The van der Waals surface area contributed by atoms with Crippen LogP contribution in [0.2, 0.25) is 0 Å². The van der Waals surface area contributed by atoms with Crippen LogP contribution in [0.1, 0.15) is 45.7 Å². The van der Waals surface area contributed by atoms with Crippen LogP contribution in [-0.2, 0) is 16.0 Å². The second-order valence-electron chi connectivity index (χ2n) is 7.37. The highest BCUT2D eigenvalue weighted by Crippen LogP contribution is 2.30. The Bertz CT molecular complexity index is 922. The molecule has 0 fully saturated rings. The van der Waals surface area contributed by atoms with Crippen LogP contribution in [0.15, 0.2) is 27.4 Å². The molecule has 0 saturated carbocycles. The predicted molar refractivity (Wildman–Crippen MR) is 101 cm³/mol. The van der Waals surface area contributed by atoms with Gasteiger partial charge in [-0.05, 0) is 64.3 Å². The molecule has 146 valence electrons. The standard InChI is InChI=1S/C20H25NO6/c1-7-13-10-16(22)25-14-8-11(2)9-15(17(13)14)26-18(23)12(3)21-19(24)27-20(4,5)6/h8-10,12H,7H2,1-6H3,(H,21,24). The van der Waals surface area contributed by atoms with Gasteiger partial charge in [-0.3, -0.25) is 0 Å². The van der Waals surface area contributed by atoms with E-state index in [1.807, 2.05) is 6.92 Å². The van der Waals surface area contributed by atoms with Crippen molar-refractivity contribution in [2.45, 2.75) is 59.6 Å². The molecule has 1 atom stereocenters. The van der Waals surface area contributed by atoms with E-state index in [4.69, 9.17) is 13.9 Å². The van der Waals surface area contributed by atoms with Crippen molar-refractivity contribution < 1.29 is 23.5 Å². The van der Waals surface area contributed by atoms with Gasteiger partial charge in [0.15, 0.2) is 0 Å². The van der Waals surface area contributed by atoms with Crippen LogP contribution in [0.25, 0.3) is 11.0 Å². The molecule has 1 aromatic heterocycles. The molecule has 0 spiro atoms. The van der Waals surface area contributed by atoms with Gasteiger partial charge in [-0.1, -0.05) is 6.92 Å². The zero-order chi connectivity index (χ0) is 20.4. The van der Waals surface area contributed by atoms with Crippen molar-refractivity contribution in [3.05, 3.63) is 39.7 Å². The first kappa shape index (κ1) is 20.5. The van der Waals surface area contributed by atoms with Crippen LogP contribution >= 0.6 is 0 Å². The molecule has 1 aromatic carbocycles. The molecule has 1 N–H and O–H groups in total. The van der Waals surface area contributed by atoms with Gasteiger partial charge in [-0.2, -0.15) is 0 Å². The fraction of sp³-hybridized carbons (Fsp3) is 0.450. The second kappa shape index (κ2) is 7.82. The number of hydrogen-bond donors (Lipinski definition) is 1. The van der Waals surface area contributed by atoms with Crippen molar-refractivity contribution in [3.63, 3.8) is 0 Å². The normalized spacial score (nSPS) is 12.5.